The molecule has 3 aromatic rings. The van der Waals surface area contributed by atoms with Crippen LogP contribution in [-0.4, -0.2) is 56.7 Å². The summed E-state index contributed by atoms with van der Waals surface area (Å²) >= 11 is 12.4. The van der Waals surface area contributed by atoms with Gasteiger partial charge in [-0.3, -0.25) is 9.69 Å². The third-order valence-electron chi connectivity index (χ3n) is 5.19. The number of piperazine rings is 1. The van der Waals surface area contributed by atoms with Crippen molar-refractivity contribution in [2.24, 2.45) is 0 Å². The molecular weight excluding hydrogens is 409 g/mol. The second-order valence-electron chi connectivity index (χ2n) is 7.02. The zero-order valence-electron chi connectivity index (χ0n) is 16.1. The standard InChI is InChI=1S/C21H21Cl2N5O/c1-15-17(13-25-28(15)19-7-2-3-8-24-19)21(29)27-11-9-26(10-12-27)14-16-5-4-6-18(22)20(16)23/h2-8,13H,9-12,14H2,1H3. The van der Waals surface area contributed by atoms with E-state index in [-0.39, 0.29) is 5.91 Å². The highest BCUT2D eigenvalue weighted by molar-refractivity contribution is 6.42. The number of pyridine rings is 1. The molecular formula is C21H21Cl2N5O. The molecule has 1 fully saturated rings. The van der Waals surface area contributed by atoms with Crippen molar-refractivity contribution in [3.05, 3.63) is 75.7 Å². The highest BCUT2D eigenvalue weighted by Crippen LogP contribution is 2.27. The molecule has 2 aromatic heterocycles. The highest BCUT2D eigenvalue weighted by Gasteiger charge is 2.25. The van der Waals surface area contributed by atoms with Gasteiger partial charge in [0.2, 0.25) is 0 Å². The SMILES string of the molecule is Cc1c(C(=O)N2CCN(Cc3cccc(Cl)c3Cl)CC2)cnn1-c1ccccn1. The normalized spacial score (nSPS) is 14.9. The number of rotatable bonds is 4. The summed E-state index contributed by atoms with van der Waals surface area (Å²) in [6.07, 6.45) is 3.34. The lowest BCUT2D eigenvalue weighted by Gasteiger charge is -2.34. The number of amides is 1. The van der Waals surface area contributed by atoms with Gasteiger partial charge in [-0.1, -0.05) is 41.4 Å². The van der Waals surface area contributed by atoms with E-state index in [0.29, 0.717) is 34.5 Å². The molecule has 1 aliphatic heterocycles. The molecule has 1 aromatic carbocycles. The maximum atomic E-state index is 13.0. The van der Waals surface area contributed by atoms with Crippen LogP contribution in [0, 0.1) is 6.92 Å². The van der Waals surface area contributed by atoms with Crippen LogP contribution in [0.3, 0.4) is 0 Å². The molecule has 1 amide bonds. The van der Waals surface area contributed by atoms with Crippen LogP contribution in [0.25, 0.3) is 5.82 Å². The monoisotopic (exact) mass is 429 g/mol. The summed E-state index contributed by atoms with van der Waals surface area (Å²) in [5, 5.41) is 5.53. The van der Waals surface area contributed by atoms with Gasteiger partial charge in [-0.15, -0.1) is 0 Å². The van der Waals surface area contributed by atoms with Gasteiger partial charge in [-0.2, -0.15) is 5.10 Å². The molecule has 0 spiro atoms. The number of aromatic nitrogens is 3. The van der Waals surface area contributed by atoms with Crippen LogP contribution in [0.2, 0.25) is 10.0 Å². The molecule has 0 bridgehead atoms. The fourth-order valence-electron chi connectivity index (χ4n) is 3.52. The van der Waals surface area contributed by atoms with E-state index in [4.69, 9.17) is 23.2 Å². The van der Waals surface area contributed by atoms with Crippen molar-refractivity contribution < 1.29 is 4.79 Å². The van der Waals surface area contributed by atoms with Crippen LogP contribution in [0.15, 0.2) is 48.8 Å². The average Bonchev–Trinajstić information content (AvgIpc) is 3.13. The Morgan fingerprint density at radius 2 is 1.86 bits per heavy atom. The largest absolute Gasteiger partial charge is 0.336 e. The lowest BCUT2D eigenvalue weighted by atomic mass is 10.1. The molecule has 0 saturated carbocycles. The lowest BCUT2D eigenvalue weighted by Crippen LogP contribution is -2.48. The fraction of sp³-hybridized carbons (Fsp3) is 0.286. The van der Waals surface area contributed by atoms with Crippen LogP contribution in [0.4, 0.5) is 0 Å². The minimum absolute atomic E-state index is 0.00474. The second-order valence-corrected chi connectivity index (χ2v) is 7.81. The summed E-state index contributed by atoms with van der Waals surface area (Å²) in [5.41, 5.74) is 2.41. The molecule has 0 atom stereocenters. The quantitative estimate of drug-likeness (QED) is 0.631. The first-order chi connectivity index (χ1) is 14.0. The van der Waals surface area contributed by atoms with E-state index in [1.807, 2.05) is 42.2 Å². The summed E-state index contributed by atoms with van der Waals surface area (Å²) in [7, 11) is 0. The number of nitrogens with zero attached hydrogens (tertiary/aromatic N) is 5. The van der Waals surface area contributed by atoms with E-state index in [0.717, 1.165) is 30.9 Å². The van der Waals surface area contributed by atoms with Crippen molar-refractivity contribution in [1.29, 1.82) is 0 Å². The van der Waals surface area contributed by atoms with Gasteiger partial charge in [0.25, 0.3) is 5.91 Å². The molecule has 0 radical (unpaired) electrons. The molecule has 150 valence electrons. The van der Waals surface area contributed by atoms with E-state index in [9.17, 15) is 4.79 Å². The average molecular weight is 430 g/mol. The predicted molar refractivity (Wildman–Crippen MR) is 114 cm³/mol. The molecule has 1 saturated heterocycles. The van der Waals surface area contributed by atoms with Crippen molar-refractivity contribution >= 4 is 29.1 Å². The Bertz CT molecular complexity index is 1010. The second kappa shape index (κ2) is 8.53. The fourth-order valence-corrected chi connectivity index (χ4v) is 3.90. The van der Waals surface area contributed by atoms with Gasteiger partial charge in [0, 0.05) is 38.9 Å². The summed E-state index contributed by atoms with van der Waals surface area (Å²) in [5.74, 6) is 0.706. The van der Waals surface area contributed by atoms with Crippen LogP contribution < -0.4 is 0 Å². The van der Waals surface area contributed by atoms with Crippen molar-refractivity contribution in [3.8, 4) is 5.82 Å². The highest BCUT2D eigenvalue weighted by atomic mass is 35.5. The number of hydrogen-bond donors (Lipinski definition) is 0. The predicted octanol–water partition coefficient (Wildman–Crippen LogP) is 3.84. The van der Waals surface area contributed by atoms with E-state index in [2.05, 4.69) is 15.0 Å². The number of halogens is 2. The van der Waals surface area contributed by atoms with Crippen LogP contribution in [0.1, 0.15) is 21.6 Å². The number of benzene rings is 1. The Balaban J connectivity index is 1.41. The lowest BCUT2D eigenvalue weighted by molar-refractivity contribution is 0.0627. The van der Waals surface area contributed by atoms with E-state index < -0.39 is 0 Å². The number of hydrogen-bond acceptors (Lipinski definition) is 4. The van der Waals surface area contributed by atoms with E-state index in [1.54, 1.807) is 23.1 Å². The first kappa shape index (κ1) is 19.9. The van der Waals surface area contributed by atoms with E-state index >= 15 is 0 Å². The van der Waals surface area contributed by atoms with Gasteiger partial charge in [0.05, 0.1) is 27.5 Å². The third kappa shape index (κ3) is 4.15. The Morgan fingerprint density at radius 1 is 1.07 bits per heavy atom. The molecule has 29 heavy (non-hydrogen) atoms. The molecule has 8 heteroatoms. The van der Waals surface area contributed by atoms with Gasteiger partial charge < -0.3 is 4.90 Å². The minimum atomic E-state index is 0.00474. The molecule has 3 heterocycles. The molecule has 0 N–H and O–H groups in total. The smallest absolute Gasteiger partial charge is 0.257 e. The molecule has 1 aliphatic rings. The first-order valence-corrected chi connectivity index (χ1v) is 10.2. The molecule has 0 aliphatic carbocycles. The molecule has 4 rings (SSSR count). The first-order valence-electron chi connectivity index (χ1n) is 9.45. The molecule has 6 nitrogen and oxygen atoms in total. The topological polar surface area (TPSA) is 54.3 Å². The zero-order valence-corrected chi connectivity index (χ0v) is 17.6. The Hall–Kier alpha value is -2.41. The van der Waals surface area contributed by atoms with Crippen molar-refractivity contribution in [3.63, 3.8) is 0 Å². The van der Waals surface area contributed by atoms with Gasteiger partial charge in [0.1, 0.15) is 0 Å². The van der Waals surface area contributed by atoms with Gasteiger partial charge in [0.15, 0.2) is 5.82 Å². The van der Waals surface area contributed by atoms with Gasteiger partial charge >= 0.3 is 0 Å². The maximum Gasteiger partial charge on any atom is 0.257 e. The van der Waals surface area contributed by atoms with Crippen LogP contribution >= 0.6 is 23.2 Å². The Morgan fingerprint density at radius 3 is 2.59 bits per heavy atom. The van der Waals surface area contributed by atoms with Crippen molar-refractivity contribution in [2.75, 3.05) is 26.2 Å². The van der Waals surface area contributed by atoms with Gasteiger partial charge in [-0.25, -0.2) is 9.67 Å². The Kier molecular flexibility index (Phi) is 5.85. The van der Waals surface area contributed by atoms with Crippen LogP contribution in [-0.2, 0) is 6.54 Å². The molecule has 0 unspecified atom stereocenters. The van der Waals surface area contributed by atoms with E-state index in [1.165, 1.54) is 0 Å². The zero-order chi connectivity index (χ0) is 20.4. The number of carbonyl (C=O) groups excluding carboxylic acids is 1. The summed E-state index contributed by atoms with van der Waals surface area (Å²) in [6.45, 7) is 5.49. The van der Waals surface area contributed by atoms with Crippen molar-refractivity contribution in [1.82, 2.24) is 24.6 Å². The van der Waals surface area contributed by atoms with Crippen LogP contribution in [0.5, 0.6) is 0 Å². The maximum absolute atomic E-state index is 13.0. The number of carbonyl (C=O) groups is 1. The van der Waals surface area contributed by atoms with Crippen molar-refractivity contribution in [2.45, 2.75) is 13.5 Å². The Labute approximate surface area is 179 Å². The van der Waals surface area contributed by atoms with Gasteiger partial charge in [-0.05, 0) is 30.7 Å². The third-order valence-corrected chi connectivity index (χ3v) is 6.05. The minimum Gasteiger partial charge on any atom is -0.336 e. The summed E-state index contributed by atoms with van der Waals surface area (Å²) in [4.78, 5) is 21.5. The summed E-state index contributed by atoms with van der Waals surface area (Å²) < 4.78 is 1.70. The summed E-state index contributed by atoms with van der Waals surface area (Å²) in [6, 6.07) is 11.3.